The number of pyridine rings is 2. The Hall–Kier alpha value is -4.21. The Balaban J connectivity index is 1.11. The van der Waals surface area contributed by atoms with E-state index in [-0.39, 0.29) is 12.1 Å². The summed E-state index contributed by atoms with van der Waals surface area (Å²) in [4.78, 5) is 12.4. The molecule has 2 aromatic heterocycles. The summed E-state index contributed by atoms with van der Waals surface area (Å²) < 4.78 is 84.5. The minimum Gasteiger partial charge on any atom is -0.474 e. The van der Waals surface area contributed by atoms with Crippen LogP contribution in [0.4, 0.5) is 43.5 Å². The third kappa shape index (κ3) is 6.98. The predicted octanol–water partition coefficient (Wildman–Crippen LogP) is 6.51. The van der Waals surface area contributed by atoms with Gasteiger partial charge in [0.1, 0.15) is 11.9 Å². The highest BCUT2D eigenvalue weighted by molar-refractivity contribution is 5.54. The molecule has 7 nitrogen and oxygen atoms in total. The molecule has 0 amide bonds. The molecule has 42 heavy (non-hydrogen) atoms. The van der Waals surface area contributed by atoms with Crippen molar-refractivity contribution in [2.24, 2.45) is 0 Å². The van der Waals surface area contributed by atoms with Crippen LogP contribution in [0.25, 0.3) is 0 Å². The van der Waals surface area contributed by atoms with Gasteiger partial charge in [-0.2, -0.15) is 31.6 Å². The monoisotopic (exact) mass is 590 g/mol. The molecule has 1 N–H and O–H groups in total. The normalized spacial score (nSPS) is 19.7. The zero-order chi connectivity index (χ0) is 29.9. The molecule has 2 aliphatic rings. The number of nitriles is 1. The first kappa shape index (κ1) is 29.3. The van der Waals surface area contributed by atoms with Crippen LogP contribution in [0.2, 0.25) is 0 Å². The van der Waals surface area contributed by atoms with Gasteiger partial charge in [0.25, 0.3) is 0 Å². The average molecular weight is 591 g/mol. The maximum atomic E-state index is 13.3. The number of anilines is 3. The van der Waals surface area contributed by atoms with Crippen LogP contribution in [0.1, 0.15) is 42.4 Å². The van der Waals surface area contributed by atoms with Gasteiger partial charge in [-0.05, 0) is 62.1 Å². The fourth-order valence-electron chi connectivity index (χ4n) is 5.29. The number of halogens is 6. The van der Waals surface area contributed by atoms with Crippen LogP contribution in [0.3, 0.4) is 0 Å². The highest BCUT2D eigenvalue weighted by Crippen LogP contribution is 2.35. The molecule has 0 spiro atoms. The van der Waals surface area contributed by atoms with E-state index in [0.717, 1.165) is 24.0 Å². The van der Waals surface area contributed by atoms with Crippen molar-refractivity contribution in [3.63, 3.8) is 0 Å². The number of rotatable bonds is 6. The molecule has 0 atom stereocenters. The summed E-state index contributed by atoms with van der Waals surface area (Å²) in [5.41, 5.74) is -0.871. The van der Waals surface area contributed by atoms with Crippen molar-refractivity contribution >= 4 is 17.2 Å². The third-order valence-electron chi connectivity index (χ3n) is 7.54. The molecule has 2 fully saturated rings. The SMILES string of the molecule is N#Cc1ccc(NC2CCC(Oc3cc(N4CCN(c5ccc(C(F)(F)F)cn5)CC4)ccn3)CC2)cc1C(F)(F)F. The third-order valence-corrected chi connectivity index (χ3v) is 7.54. The van der Waals surface area contributed by atoms with Gasteiger partial charge in [-0.1, -0.05) is 0 Å². The Morgan fingerprint density at radius 2 is 1.55 bits per heavy atom. The number of nitrogens with one attached hydrogen (secondary N) is 1. The molecule has 1 aromatic carbocycles. The lowest BCUT2D eigenvalue weighted by atomic mass is 9.92. The van der Waals surface area contributed by atoms with Crippen LogP contribution in [0.15, 0.2) is 54.9 Å². The average Bonchev–Trinajstić information content (AvgIpc) is 2.97. The topological polar surface area (TPSA) is 77.3 Å². The van der Waals surface area contributed by atoms with E-state index < -0.39 is 29.0 Å². The smallest absolute Gasteiger partial charge is 0.417 e. The first-order chi connectivity index (χ1) is 20.0. The molecule has 1 saturated carbocycles. The number of alkyl halides is 6. The van der Waals surface area contributed by atoms with E-state index in [9.17, 15) is 26.3 Å². The van der Waals surface area contributed by atoms with Crippen molar-refractivity contribution in [1.29, 1.82) is 5.26 Å². The van der Waals surface area contributed by atoms with E-state index in [4.69, 9.17) is 10.00 Å². The van der Waals surface area contributed by atoms with Crippen LogP contribution in [-0.2, 0) is 12.4 Å². The molecule has 0 radical (unpaired) electrons. The maximum absolute atomic E-state index is 13.3. The van der Waals surface area contributed by atoms with Gasteiger partial charge in [-0.15, -0.1) is 0 Å². The number of piperazine rings is 1. The summed E-state index contributed by atoms with van der Waals surface area (Å²) in [6.45, 7) is 2.48. The molecule has 1 saturated heterocycles. The molecule has 1 aliphatic carbocycles. The Bertz CT molecular complexity index is 1410. The number of hydrogen-bond donors (Lipinski definition) is 1. The molecular weight excluding hydrogens is 562 g/mol. The minimum absolute atomic E-state index is 0.0198. The summed E-state index contributed by atoms with van der Waals surface area (Å²) in [5.74, 6) is 0.990. The predicted molar refractivity (Wildman–Crippen MR) is 144 cm³/mol. The van der Waals surface area contributed by atoms with Crippen LogP contribution in [0, 0.1) is 11.3 Å². The lowest BCUT2D eigenvalue weighted by Gasteiger charge is -2.37. The second-order valence-corrected chi connectivity index (χ2v) is 10.3. The first-order valence-electron chi connectivity index (χ1n) is 13.5. The number of benzene rings is 1. The van der Waals surface area contributed by atoms with Crippen LogP contribution < -0.4 is 19.9 Å². The summed E-state index contributed by atoms with van der Waals surface area (Å²) >= 11 is 0. The van der Waals surface area contributed by atoms with Gasteiger partial charge < -0.3 is 19.9 Å². The Morgan fingerprint density at radius 3 is 2.17 bits per heavy atom. The molecule has 3 heterocycles. The van der Waals surface area contributed by atoms with Gasteiger partial charge in [-0.25, -0.2) is 9.97 Å². The van der Waals surface area contributed by atoms with Crippen LogP contribution >= 0.6 is 0 Å². The zero-order valence-electron chi connectivity index (χ0n) is 22.4. The lowest BCUT2D eigenvalue weighted by Crippen LogP contribution is -2.46. The lowest BCUT2D eigenvalue weighted by molar-refractivity contribution is -0.138. The van der Waals surface area contributed by atoms with Crippen molar-refractivity contribution in [3.8, 4) is 11.9 Å². The standard InChI is InChI=1S/C29H28F6N6O/c30-28(31,32)20-2-8-26(38-18-20)41-13-11-40(12-14-41)23-9-10-37-27(16-23)42-24-6-4-21(5-7-24)39-22-3-1-19(17-36)25(15-22)29(33,34)35/h1-3,8-10,15-16,18,21,24,39H,4-7,11-14H2. The van der Waals surface area contributed by atoms with E-state index >= 15 is 0 Å². The van der Waals surface area contributed by atoms with E-state index in [0.29, 0.717) is 69.2 Å². The van der Waals surface area contributed by atoms with Crippen molar-refractivity contribution < 1.29 is 31.1 Å². The largest absolute Gasteiger partial charge is 0.474 e. The highest BCUT2D eigenvalue weighted by atomic mass is 19.4. The first-order valence-corrected chi connectivity index (χ1v) is 13.5. The van der Waals surface area contributed by atoms with Gasteiger partial charge in [0, 0.05) is 62.1 Å². The zero-order valence-corrected chi connectivity index (χ0v) is 22.4. The van der Waals surface area contributed by atoms with Gasteiger partial charge >= 0.3 is 12.4 Å². The molecule has 0 bridgehead atoms. The molecule has 5 rings (SSSR count). The Kier molecular flexibility index (Phi) is 8.34. The molecule has 222 valence electrons. The van der Waals surface area contributed by atoms with Gasteiger partial charge in [0.05, 0.1) is 22.8 Å². The van der Waals surface area contributed by atoms with Gasteiger partial charge in [0.15, 0.2) is 0 Å². The number of hydrogen-bond acceptors (Lipinski definition) is 7. The molecular formula is C29H28F6N6O. The van der Waals surface area contributed by atoms with E-state index in [1.807, 2.05) is 17.0 Å². The molecule has 1 aliphatic heterocycles. The van der Waals surface area contributed by atoms with Crippen molar-refractivity contribution in [3.05, 3.63) is 71.5 Å². The second kappa shape index (κ2) is 12.0. The highest BCUT2D eigenvalue weighted by Gasteiger charge is 2.34. The minimum atomic E-state index is -4.60. The van der Waals surface area contributed by atoms with Crippen LogP contribution in [0.5, 0.6) is 5.88 Å². The maximum Gasteiger partial charge on any atom is 0.417 e. The Morgan fingerprint density at radius 1 is 0.833 bits per heavy atom. The van der Waals surface area contributed by atoms with Crippen molar-refractivity contribution in [1.82, 2.24) is 9.97 Å². The number of nitrogens with zero attached hydrogens (tertiary/aromatic N) is 5. The number of ether oxygens (including phenoxy) is 1. The Labute approximate surface area is 238 Å². The summed E-state index contributed by atoms with van der Waals surface area (Å²) in [7, 11) is 0. The second-order valence-electron chi connectivity index (χ2n) is 10.3. The molecule has 3 aromatic rings. The van der Waals surface area contributed by atoms with Crippen molar-refractivity contribution in [2.45, 2.75) is 50.2 Å². The molecule has 13 heteroatoms. The number of aromatic nitrogens is 2. The fourth-order valence-corrected chi connectivity index (χ4v) is 5.29. The summed E-state index contributed by atoms with van der Waals surface area (Å²) in [6, 6.07) is 11.4. The van der Waals surface area contributed by atoms with E-state index in [1.165, 1.54) is 18.2 Å². The summed E-state index contributed by atoms with van der Waals surface area (Å²) in [6.07, 6.45) is -3.78. The van der Waals surface area contributed by atoms with Crippen LogP contribution in [-0.4, -0.2) is 48.3 Å². The fraction of sp³-hybridized carbons (Fsp3) is 0.414. The van der Waals surface area contributed by atoms with Gasteiger partial charge in [-0.3, -0.25) is 0 Å². The van der Waals surface area contributed by atoms with Gasteiger partial charge in [0.2, 0.25) is 5.88 Å². The van der Waals surface area contributed by atoms with Crippen molar-refractivity contribution in [2.75, 3.05) is 41.3 Å². The summed E-state index contributed by atoms with van der Waals surface area (Å²) in [5, 5.41) is 12.2. The quantitative estimate of drug-likeness (QED) is 0.328. The van der Waals surface area contributed by atoms with E-state index in [2.05, 4.69) is 20.2 Å². The van der Waals surface area contributed by atoms with E-state index in [1.54, 1.807) is 12.3 Å². The molecule has 0 unspecified atom stereocenters.